The number of carbonyl (C=O) groups excluding carboxylic acids is 1. The van der Waals surface area contributed by atoms with Gasteiger partial charge in [-0.25, -0.2) is 0 Å². The molecule has 17 heavy (non-hydrogen) atoms. The molecular weight excluding hydrogens is 323 g/mol. The second kappa shape index (κ2) is 6.53. The Morgan fingerprint density at radius 2 is 1.76 bits per heavy atom. The van der Waals surface area contributed by atoms with E-state index in [4.69, 9.17) is 0 Å². The van der Waals surface area contributed by atoms with Crippen molar-refractivity contribution in [1.29, 1.82) is 0 Å². The fraction of sp³-hybridized carbons (Fsp3) is 0.533. The summed E-state index contributed by atoms with van der Waals surface area (Å²) in [6.07, 6.45) is 7.95. The smallest absolute Gasteiger partial charge is 0.137 e. The summed E-state index contributed by atoms with van der Waals surface area (Å²) in [4.78, 5) is 12.0. The molecule has 0 aromatic heterocycles. The number of hydrogen-bond donors (Lipinski definition) is 0. The normalized spacial score (nSPS) is 17.0. The van der Waals surface area contributed by atoms with E-state index in [1.54, 1.807) is 0 Å². The molecule has 0 N–H and O–H groups in total. The zero-order valence-corrected chi connectivity index (χ0v) is 12.3. The molecule has 0 spiro atoms. The number of ketones is 1. The van der Waals surface area contributed by atoms with Gasteiger partial charge in [-0.3, -0.25) is 4.79 Å². The summed E-state index contributed by atoms with van der Waals surface area (Å²) in [5.41, 5.74) is 1.16. The van der Waals surface area contributed by atoms with Crippen molar-refractivity contribution in [3.05, 3.63) is 33.4 Å². The standard InChI is InChI=1S/C15H19IO/c16-14-8-6-13(7-9-14)11-15(17)10-12-4-2-1-3-5-12/h6-9,12H,1-5,10-11H2. The van der Waals surface area contributed by atoms with E-state index in [9.17, 15) is 4.79 Å². The molecule has 2 heteroatoms. The van der Waals surface area contributed by atoms with E-state index in [0.29, 0.717) is 18.1 Å². The molecule has 2 rings (SSSR count). The van der Waals surface area contributed by atoms with Crippen LogP contribution in [0.1, 0.15) is 44.1 Å². The molecule has 1 fully saturated rings. The Kier molecular flexibility index (Phi) is 5.01. The summed E-state index contributed by atoms with van der Waals surface area (Å²) in [7, 11) is 0. The summed E-state index contributed by atoms with van der Waals surface area (Å²) in [6.45, 7) is 0. The van der Waals surface area contributed by atoms with Crippen molar-refractivity contribution < 1.29 is 4.79 Å². The first kappa shape index (κ1) is 13.1. The highest BCUT2D eigenvalue weighted by molar-refractivity contribution is 14.1. The lowest BCUT2D eigenvalue weighted by atomic mass is 9.85. The third kappa shape index (κ3) is 4.41. The summed E-state index contributed by atoms with van der Waals surface area (Å²) in [6, 6.07) is 8.29. The molecule has 0 heterocycles. The molecule has 0 radical (unpaired) electrons. The predicted octanol–water partition coefficient (Wildman–Crippen LogP) is 4.37. The highest BCUT2D eigenvalue weighted by atomic mass is 127. The van der Waals surface area contributed by atoms with E-state index in [1.165, 1.54) is 35.7 Å². The van der Waals surface area contributed by atoms with Crippen LogP contribution < -0.4 is 0 Å². The van der Waals surface area contributed by atoms with Crippen molar-refractivity contribution in [3.8, 4) is 0 Å². The first-order valence-corrected chi connectivity index (χ1v) is 7.58. The Bertz CT molecular complexity index is 363. The predicted molar refractivity (Wildman–Crippen MR) is 79.1 cm³/mol. The average Bonchev–Trinajstić information content (AvgIpc) is 2.33. The van der Waals surface area contributed by atoms with Crippen molar-refractivity contribution in [3.63, 3.8) is 0 Å². The van der Waals surface area contributed by atoms with Gasteiger partial charge in [0.2, 0.25) is 0 Å². The van der Waals surface area contributed by atoms with Crippen LogP contribution in [-0.2, 0) is 11.2 Å². The number of halogens is 1. The maximum atomic E-state index is 12.0. The minimum Gasteiger partial charge on any atom is -0.299 e. The van der Waals surface area contributed by atoms with E-state index < -0.39 is 0 Å². The third-order valence-corrected chi connectivity index (χ3v) is 4.27. The minimum atomic E-state index is 0.415. The second-order valence-electron chi connectivity index (χ2n) is 5.05. The van der Waals surface area contributed by atoms with Crippen molar-refractivity contribution in [2.75, 3.05) is 0 Å². The zero-order valence-electron chi connectivity index (χ0n) is 10.1. The van der Waals surface area contributed by atoms with E-state index in [1.807, 2.05) is 0 Å². The highest BCUT2D eigenvalue weighted by Gasteiger charge is 2.16. The summed E-state index contributed by atoms with van der Waals surface area (Å²) >= 11 is 2.29. The molecule has 92 valence electrons. The quantitative estimate of drug-likeness (QED) is 0.743. The fourth-order valence-corrected chi connectivity index (χ4v) is 2.97. The van der Waals surface area contributed by atoms with E-state index in [2.05, 4.69) is 46.9 Å². The largest absolute Gasteiger partial charge is 0.299 e. The van der Waals surface area contributed by atoms with Crippen LogP contribution in [0, 0.1) is 9.49 Å². The zero-order chi connectivity index (χ0) is 12.1. The summed E-state index contributed by atoms with van der Waals surface area (Å²) < 4.78 is 1.23. The van der Waals surface area contributed by atoms with Crippen LogP contribution in [0.15, 0.2) is 24.3 Å². The van der Waals surface area contributed by atoms with Gasteiger partial charge in [0.25, 0.3) is 0 Å². The summed E-state index contributed by atoms with van der Waals surface area (Å²) in [5.74, 6) is 1.08. The van der Waals surface area contributed by atoms with Crippen molar-refractivity contribution in [2.24, 2.45) is 5.92 Å². The lowest BCUT2D eigenvalue weighted by Crippen LogP contribution is -2.13. The Morgan fingerprint density at radius 1 is 1.12 bits per heavy atom. The van der Waals surface area contributed by atoms with Gasteiger partial charge in [0.15, 0.2) is 0 Å². The molecule has 1 aliphatic rings. The van der Waals surface area contributed by atoms with Crippen LogP contribution >= 0.6 is 22.6 Å². The summed E-state index contributed by atoms with van der Waals surface area (Å²) in [5, 5.41) is 0. The van der Waals surface area contributed by atoms with Gasteiger partial charge < -0.3 is 0 Å². The topological polar surface area (TPSA) is 17.1 Å². The maximum absolute atomic E-state index is 12.0. The SMILES string of the molecule is O=C(Cc1ccc(I)cc1)CC1CCCCC1. The Morgan fingerprint density at radius 3 is 2.41 bits per heavy atom. The molecule has 0 amide bonds. The molecule has 0 atom stereocenters. The third-order valence-electron chi connectivity index (χ3n) is 3.56. The van der Waals surface area contributed by atoms with Gasteiger partial charge in [0.1, 0.15) is 5.78 Å². The fourth-order valence-electron chi connectivity index (χ4n) is 2.62. The van der Waals surface area contributed by atoms with Crippen molar-refractivity contribution in [1.82, 2.24) is 0 Å². The second-order valence-corrected chi connectivity index (χ2v) is 6.30. The van der Waals surface area contributed by atoms with Gasteiger partial charge in [-0.05, 0) is 46.2 Å². The average molecular weight is 342 g/mol. The number of Topliss-reactive ketones (excluding diaryl/α,β-unsaturated/α-hetero) is 1. The number of benzene rings is 1. The Labute approximate surface area is 117 Å². The minimum absolute atomic E-state index is 0.415. The molecule has 1 aliphatic carbocycles. The van der Waals surface area contributed by atoms with Crippen LogP contribution in [0.4, 0.5) is 0 Å². The van der Waals surface area contributed by atoms with Gasteiger partial charge in [-0.2, -0.15) is 0 Å². The molecule has 0 aliphatic heterocycles. The first-order chi connectivity index (χ1) is 8.24. The van der Waals surface area contributed by atoms with Gasteiger partial charge in [-0.15, -0.1) is 0 Å². The van der Waals surface area contributed by atoms with Crippen molar-refractivity contribution in [2.45, 2.75) is 44.9 Å². The van der Waals surface area contributed by atoms with E-state index >= 15 is 0 Å². The first-order valence-electron chi connectivity index (χ1n) is 6.50. The molecule has 1 aromatic carbocycles. The van der Waals surface area contributed by atoms with Crippen LogP contribution in [-0.4, -0.2) is 5.78 Å². The molecule has 1 aromatic rings. The molecule has 0 saturated heterocycles. The molecule has 1 nitrogen and oxygen atoms in total. The number of hydrogen-bond acceptors (Lipinski definition) is 1. The monoisotopic (exact) mass is 342 g/mol. The van der Waals surface area contributed by atoms with Crippen molar-refractivity contribution >= 4 is 28.4 Å². The van der Waals surface area contributed by atoms with Gasteiger partial charge in [0.05, 0.1) is 0 Å². The van der Waals surface area contributed by atoms with Crippen LogP contribution in [0.2, 0.25) is 0 Å². The number of rotatable bonds is 4. The van der Waals surface area contributed by atoms with E-state index in [0.717, 1.165) is 12.0 Å². The van der Waals surface area contributed by atoms with Crippen LogP contribution in [0.3, 0.4) is 0 Å². The molecule has 0 bridgehead atoms. The highest BCUT2D eigenvalue weighted by Crippen LogP contribution is 2.26. The number of carbonyl (C=O) groups is 1. The molecular formula is C15H19IO. The van der Waals surface area contributed by atoms with E-state index in [-0.39, 0.29) is 0 Å². The van der Waals surface area contributed by atoms with Crippen LogP contribution in [0.5, 0.6) is 0 Å². The Balaban J connectivity index is 1.82. The van der Waals surface area contributed by atoms with Crippen LogP contribution in [0.25, 0.3) is 0 Å². The van der Waals surface area contributed by atoms with Gasteiger partial charge in [0, 0.05) is 16.4 Å². The van der Waals surface area contributed by atoms with Gasteiger partial charge >= 0.3 is 0 Å². The molecule has 1 saturated carbocycles. The lowest BCUT2D eigenvalue weighted by molar-refractivity contribution is -0.119. The van der Waals surface area contributed by atoms with Gasteiger partial charge in [-0.1, -0.05) is 44.2 Å². The maximum Gasteiger partial charge on any atom is 0.137 e. The Hall–Kier alpha value is -0.380. The molecule has 0 unspecified atom stereocenters. The lowest BCUT2D eigenvalue weighted by Gasteiger charge is -2.20.